The first-order valence-electron chi connectivity index (χ1n) is 8.70. The van der Waals surface area contributed by atoms with Crippen LogP contribution in [0.25, 0.3) is 0 Å². The maximum Gasteiger partial charge on any atom is 0.303 e. The van der Waals surface area contributed by atoms with Gasteiger partial charge in [-0.25, -0.2) is 0 Å². The molecule has 0 atom stereocenters. The molecule has 0 bridgehead atoms. The molecule has 0 aliphatic carbocycles. The van der Waals surface area contributed by atoms with Gasteiger partial charge in [-0.15, -0.1) is 0 Å². The first-order valence-corrected chi connectivity index (χ1v) is 8.70. The summed E-state index contributed by atoms with van der Waals surface area (Å²) in [5.74, 6) is -0.665. The van der Waals surface area contributed by atoms with Crippen LogP contribution in [-0.4, -0.2) is 11.1 Å². The highest BCUT2D eigenvalue weighted by Gasteiger charge is 2.09. The number of aliphatic carboxylic acids is 1. The molecule has 0 saturated heterocycles. The fourth-order valence-electron chi connectivity index (χ4n) is 2.54. The van der Waals surface area contributed by atoms with Crippen molar-refractivity contribution >= 4 is 5.97 Å². The predicted octanol–water partition coefficient (Wildman–Crippen LogP) is 6.02. The first kappa shape index (κ1) is 20.5. The zero-order chi connectivity index (χ0) is 16.0. The van der Waals surface area contributed by atoms with Gasteiger partial charge in [0.25, 0.3) is 0 Å². The van der Waals surface area contributed by atoms with Crippen LogP contribution in [0.4, 0.5) is 0 Å². The molecule has 0 heterocycles. The lowest BCUT2D eigenvalue weighted by Crippen LogP contribution is -2.05. The smallest absolute Gasteiger partial charge is 0.303 e. The van der Waals surface area contributed by atoms with Gasteiger partial charge in [0.2, 0.25) is 0 Å². The average Bonchev–Trinajstić information content (AvgIpc) is 2.37. The van der Waals surface area contributed by atoms with Crippen molar-refractivity contribution in [1.82, 2.24) is 0 Å². The summed E-state index contributed by atoms with van der Waals surface area (Å²) in [7, 11) is 0. The Bertz CT molecular complexity index is 240. The zero-order valence-electron chi connectivity index (χ0n) is 13.9. The Morgan fingerprint density at radius 1 is 0.667 bits per heavy atom. The van der Waals surface area contributed by atoms with E-state index in [0.717, 1.165) is 19.3 Å². The van der Waals surface area contributed by atoms with E-state index in [9.17, 15) is 4.79 Å². The van der Waals surface area contributed by atoms with Crippen molar-refractivity contribution in [2.24, 2.45) is 5.41 Å². The number of carboxylic acid groups (broad SMARTS) is 1. The van der Waals surface area contributed by atoms with E-state index in [4.69, 9.17) is 5.11 Å². The molecule has 2 nitrogen and oxygen atoms in total. The Balaban J connectivity index is 3.04. The van der Waals surface area contributed by atoms with E-state index >= 15 is 0 Å². The third-order valence-electron chi connectivity index (χ3n) is 3.85. The van der Waals surface area contributed by atoms with Gasteiger partial charge in [0.15, 0.2) is 0 Å². The van der Waals surface area contributed by atoms with E-state index in [-0.39, 0.29) is 5.41 Å². The van der Waals surface area contributed by atoms with Gasteiger partial charge < -0.3 is 5.11 Å². The Morgan fingerprint density at radius 3 is 1.33 bits per heavy atom. The molecule has 123 valence electrons. The van der Waals surface area contributed by atoms with E-state index in [1.54, 1.807) is 0 Å². The van der Waals surface area contributed by atoms with Crippen LogP contribution in [0.1, 0.15) is 89.9 Å². The van der Waals surface area contributed by atoms with Gasteiger partial charge in [0, 0.05) is 6.42 Å². The van der Waals surface area contributed by atoms with Crippen molar-refractivity contribution in [1.29, 1.82) is 0 Å². The minimum absolute atomic E-state index is 0.246. The highest BCUT2D eigenvalue weighted by atomic mass is 16.4. The van der Waals surface area contributed by atoms with Crippen LogP contribution < -0.4 is 0 Å². The summed E-state index contributed by atoms with van der Waals surface area (Å²) in [6, 6.07) is 0. The van der Waals surface area contributed by atoms with Crippen molar-refractivity contribution in [2.45, 2.75) is 89.9 Å². The lowest BCUT2D eigenvalue weighted by molar-refractivity contribution is -0.137. The van der Waals surface area contributed by atoms with Gasteiger partial charge >= 0.3 is 5.97 Å². The van der Waals surface area contributed by atoms with Crippen molar-refractivity contribution in [3.05, 3.63) is 20.8 Å². The number of rotatable bonds is 15. The summed E-state index contributed by atoms with van der Waals surface area (Å²) in [4.78, 5) is 10.3. The van der Waals surface area contributed by atoms with Crippen molar-refractivity contribution in [3.63, 3.8) is 0 Å². The van der Waals surface area contributed by atoms with E-state index in [1.165, 1.54) is 64.2 Å². The minimum Gasteiger partial charge on any atom is -0.481 e. The molecule has 1 N–H and O–H groups in total. The Labute approximate surface area is 132 Å². The van der Waals surface area contributed by atoms with Crippen molar-refractivity contribution in [2.75, 3.05) is 0 Å². The predicted molar refractivity (Wildman–Crippen MR) is 90.8 cm³/mol. The fraction of sp³-hybridized carbons (Fsp3) is 0.789. The van der Waals surface area contributed by atoms with Gasteiger partial charge in [-0.2, -0.15) is 0 Å². The van der Waals surface area contributed by atoms with Crippen LogP contribution in [0, 0.1) is 26.2 Å². The van der Waals surface area contributed by atoms with Crippen molar-refractivity contribution in [3.8, 4) is 0 Å². The van der Waals surface area contributed by atoms with Gasteiger partial charge in [-0.3, -0.25) is 4.79 Å². The molecule has 0 fully saturated rings. The van der Waals surface area contributed by atoms with Crippen molar-refractivity contribution < 1.29 is 9.90 Å². The summed E-state index contributed by atoms with van der Waals surface area (Å²) >= 11 is 0. The highest BCUT2D eigenvalue weighted by Crippen LogP contribution is 2.21. The molecule has 0 spiro atoms. The van der Waals surface area contributed by atoms with Crippen LogP contribution in [-0.2, 0) is 4.79 Å². The molecule has 2 heteroatoms. The second-order valence-corrected chi connectivity index (χ2v) is 6.64. The second-order valence-electron chi connectivity index (χ2n) is 6.64. The highest BCUT2D eigenvalue weighted by molar-refractivity contribution is 5.66. The molecule has 0 amide bonds. The number of carbonyl (C=O) groups is 1. The maximum absolute atomic E-state index is 10.3. The van der Waals surface area contributed by atoms with Gasteiger partial charge in [0.1, 0.15) is 0 Å². The average molecular weight is 295 g/mol. The van der Waals surface area contributed by atoms with Gasteiger partial charge in [-0.05, 0) is 39.0 Å². The molecule has 3 radical (unpaired) electrons. The van der Waals surface area contributed by atoms with E-state index in [0.29, 0.717) is 6.42 Å². The molecule has 0 unspecified atom stereocenters. The van der Waals surface area contributed by atoms with Gasteiger partial charge in [-0.1, -0.05) is 70.6 Å². The molecule has 0 aliphatic rings. The molecule has 0 aromatic heterocycles. The first-order chi connectivity index (χ1) is 9.92. The molecule has 0 rings (SSSR count). The summed E-state index contributed by atoms with van der Waals surface area (Å²) in [6.07, 6.45) is 16.2. The molecular formula is C19H35O2. The molecule has 0 saturated carbocycles. The standard InChI is InChI=1S/C19H35O2/c1-19(2,3)17-15-13-11-9-7-5-4-6-8-10-12-14-16-18(20)21/h1-17H2,(H,20,21). The van der Waals surface area contributed by atoms with E-state index < -0.39 is 5.97 Å². The third-order valence-corrected chi connectivity index (χ3v) is 3.85. The van der Waals surface area contributed by atoms with E-state index in [2.05, 4.69) is 20.8 Å². The number of hydrogen-bond acceptors (Lipinski definition) is 1. The monoisotopic (exact) mass is 295 g/mol. The molecule has 0 aromatic carbocycles. The minimum atomic E-state index is -0.665. The third kappa shape index (κ3) is 19.5. The Hall–Kier alpha value is -0.530. The number of unbranched alkanes of at least 4 members (excludes halogenated alkanes) is 11. The topological polar surface area (TPSA) is 37.3 Å². The SMILES string of the molecule is [CH2]C([CH2])([CH2])CCCCCCCCCCCCCCC(=O)O. The van der Waals surface area contributed by atoms with Gasteiger partial charge in [0.05, 0.1) is 0 Å². The lowest BCUT2D eigenvalue weighted by Gasteiger charge is -2.16. The summed E-state index contributed by atoms with van der Waals surface area (Å²) in [6.45, 7) is 11.8. The van der Waals surface area contributed by atoms with E-state index in [1.807, 2.05) is 0 Å². The Morgan fingerprint density at radius 2 is 1.00 bits per heavy atom. The second kappa shape index (κ2) is 13.2. The molecule has 0 aromatic rings. The van der Waals surface area contributed by atoms with Crippen LogP contribution in [0.3, 0.4) is 0 Å². The quantitative estimate of drug-likeness (QED) is 0.375. The van der Waals surface area contributed by atoms with Crippen LogP contribution >= 0.6 is 0 Å². The summed E-state index contributed by atoms with van der Waals surface area (Å²) in [5.41, 5.74) is -0.246. The van der Waals surface area contributed by atoms with Crippen LogP contribution in [0.2, 0.25) is 0 Å². The Kier molecular flexibility index (Phi) is 12.8. The number of carboxylic acids is 1. The summed E-state index contributed by atoms with van der Waals surface area (Å²) < 4.78 is 0. The summed E-state index contributed by atoms with van der Waals surface area (Å²) in [5, 5.41) is 8.52. The molecule has 0 aliphatic heterocycles. The lowest BCUT2D eigenvalue weighted by atomic mass is 9.89. The number of hydrogen-bond donors (Lipinski definition) is 1. The van der Waals surface area contributed by atoms with Crippen LogP contribution in [0.15, 0.2) is 0 Å². The fourth-order valence-corrected chi connectivity index (χ4v) is 2.54. The maximum atomic E-state index is 10.3. The molecule has 21 heavy (non-hydrogen) atoms. The molecular weight excluding hydrogens is 260 g/mol. The normalized spacial score (nSPS) is 11.8. The zero-order valence-corrected chi connectivity index (χ0v) is 13.9. The van der Waals surface area contributed by atoms with Crippen LogP contribution in [0.5, 0.6) is 0 Å². The largest absolute Gasteiger partial charge is 0.481 e.